The SMILES string of the molecule is O=C(CN1CCN(CCO)CC1)NCCc1ccsc1. The van der Waals surface area contributed by atoms with Crippen LogP contribution in [0.4, 0.5) is 0 Å². The maximum atomic E-state index is 11.8. The lowest BCUT2D eigenvalue weighted by Crippen LogP contribution is -2.50. The molecule has 2 rings (SSSR count). The van der Waals surface area contributed by atoms with Crippen LogP contribution in [0.1, 0.15) is 5.56 Å². The number of nitrogens with one attached hydrogen (secondary N) is 1. The molecule has 1 aliphatic rings. The second kappa shape index (κ2) is 8.36. The van der Waals surface area contributed by atoms with Crippen LogP contribution in [-0.2, 0) is 11.2 Å². The van der Waals surface area contributed by atoms with Crippen LogP contribution in [0.25, 0.3) is 0 Å². The Morgan fingerprint density at radius 1 is 1.30 bits per heavy atom. The van der Waals surface area contributed by atoms with Crippen molar-refractivity contribution in [2.75, 3.05) is 52.4 Å². The number of thiophene rings is 1. The molecule has 0 aromatic carbocycles. The van der Waals surface area contributed by atoms with Crippen LogP contribution in [0.5, 0.6) is 0 Å². The summed E-state index contributed by atoms with van der Waals surface area (Å²) in [6, 6.07) is 2.09. The van der Waals surface area contributed by atoms with Crippen LogP contribution in [-0.4, -0.2) is 73.2 Å². The lowest BCUT2D eigenvalue weighted by molar-refractivity contribution is -0.122. The molecule has 1 amide bonds. The summed E-state index contributed by atoms with van der Waals surface area (Å²) in [7, 11) is 0. The van der Waals surface area contributed by atoms with E-state index in [1.54, 1.807) is 11.3 Å². The van der Waals surface area contributed by atoms with Gasteiger partial charge in [-0.25, -0.2) is 0 Å². The number of aliphatic hydroxyl groups is 1. The topological polar surface area (TPSA) is 55.8 Å². The van der Waals surface area contributed by atoms with Gasteiger partial charge in [0.1, 0.15) is 0 Å². The van der Waals surface area contributed by atoms with Gasteiger partial charge in [-0.15, -0.1) is 0 Å². The van der Waals surface area contributed by atoms with Crippen LogP contribution in [0.15, 0.2) is 16.8 Å². The second-order valence-electron chi connectivity index (χ2n) is 5.07. The zero-order valence-corrected chi connectivity index (χ0v) is 12.6. The lowest BCUT2D eigenvalue weighted by atomic mass is 10.2. The maximum absolute atomic E-state index is 11.8. The number of amides is 1. The molecule has 0 saturated carbocycles. The molecule has 2 heterocycles. The Balaban J connectivity index is 1.58. The molecular weight excluding hydrogens is 274 g/mol. The normalized spacial score (nSPS) is 17.2. The first kappa shape index (κ1) is 15.4. The summed E-state index contributed by atoms with van der Waals surface area (Å²) in [5, 5.41) is 16.0. The van der Waals surface area contributed by atoms with Crippen LogP contribution in [0.2, 0.25) is 0 Å². The molecule has 6 heteroatoms. The van der Waals surface area contributed by atoms with Crippen molar-refractivity contribution in [1.82, 2.24) is 15.1 Å². The molecule has 0 spiro atoms. The van der Waals surface area contributed by atoms with Gasteiger partial charge in [0.15, 0.2) is 0 Å². The molecular formula is C14H23N3O2S. The molecule has 0 aliphatic carbocycles. The molecule has 0 bridgehead atoms. The molecule has 2 N–H and O–H groups in total. The Morgan fingerprint density at radius 3 is 2.70 bits per heavy atom. The summed E-state index contributed by atoms with van der Waals surface area (Å²) in [4.78, 5) is 16.2. The highest BCUT2D eigenvalue weighted by atomic mass is 32.1. The molecule has 1 fully saturated rings. The number of carbonyl (C=O) groups excluding carboxylic acids is 1. The van der Waals surface area contributed by atoms with Crippen molar-refractivity contribution in [2.24, 2.45) is 0 Å². The van der Waals surface area contributed by atoms with Gasteiger partial charge in [0, 0.05) is 39.3 Å². The molecule has 1 aromatic heterocycles. The first-order valence-corrected chi connectivity index (χ1v) is 8.05. The van der Waals surface area contributed by atoms with E-state index < -0.39 is 0 Å². The molecule has 0 unspecified atom stereocenters. The molecule has 0 atom stereocenters. The average molecular weight is 297 g/mol. The van der Waals surface area contributed by atoms with Crippen molar-refractivity contribution in [1.29, 1.82) is 0 Å². The van der Waals surface area contributed by atoms with Gasteiger partial charge in [0.25, 0.3) is 0 Å². The van der Waals surface area contributed by atoms with E-state index in [0.717, 1.165) is 39.1 Å². The molecule has 112 valence electrons. The minimum absolute atomic E-state index is 0.107. The average Bonchev–Trinajstić information content (AvgIpc) is 2.94. The monoisotopic (exact) mass is 297 g/mol. The summed E-state index contributed by atoms with van der Waals surface area (Å²) in [5.41, 5.74) is 1.29. The third-order valence-corrected chi connectivity index (χ3v) is 4.30. The molecule has 1 aliphatic heterocycles. The van der Waals surface area contributed by atoms with Crippen molar-refractivity contribution in [3.05, 3.63) is 22.4 Å². The Morgan fingerprint density at radius 2 is 2.05 bits per heavy atom. The maximum Gasteiger partial charge on any atom is 0.234 e. The highest BCUT2D eigenvalue weighted by molar-refractivity contribution is 7.07. The zero-order valence-electron chi connectivity index (χ0n) is 11.8. The highest BCUT2D eigenvalue weighted by Gasteiger charge is 2.18. The number of hydrogen-bond donors (Lipinski definition) is 2. The zero-order chi connectivity index (χ0) is 14.2. The number of hydrogen-bond acceptors (Lipinski definition) is 5. The number of aliphatic hydroxyl groups excluding tert-OH is 1. The fraction of sp³-hybridized carbons (Fsp3) is 0.643. The van der Waals surface area contributed by atoms with E-state index in [0.29, 0.717) is 13.1 Å². The second-order valence-corrected chi connectivity index (χ2v) is 5.85. The van der Waals surface area contributed by atoms with Gasteiger partial charge in [-0.1, -0.05) is 0 Å². The van der Waals surface area contributed by atoms with Crippen LogP contribution >= 0.6 is 11.3 Å². The molecule has 1 saturated heterocycles. The van der Waals surface area contributed by atoms with Crippen molar-refractivity contribution < 1.29 is 9.90 Å². The summed E-state index contributed by atoms with van der Waals surface area (Å²) >= 11 is 1.69. The smallest absolute Gasteiger partial charge is 0.234 e. The molecule has 0 radical (unpaired) electrons. The number of piperazine rings is 1. The van der Waals surface area contributed by atoms with Crippen LogP contribution < -0.4 is 5.32 Å². The van der Waals surface area contributed by atoms with Crippen molar-refractivity contribution in [3.8, 4) is 0 Å². The van der Waals surface area contributed by atoms with Gasteiger partial charge in [-0.05, 0) is 28.8 Å². The quantitative estimate of drug-likeness (QED) is 0.745. The summed E-state index contributed by atoms with van der Waals surface area (Å²) < 4.78 is 0. The molecule has 1 aromatic rings. The Labute approximate surface area is 124 Å². The van der Waals surface area contributed by atoms with Gasteiger partial charge >= 0.3 is 0 Å². The van der Waals surface area contributed by atoms with E-state index in [2.05, 4.69) is 31.9 Å². The summed E-state index contributed by atoms with van der Waals surface area (Å²) in [6.45, 7) is 5.81. The van der Waals surface area contributed by atoms with Gasteiger partial charge in [-0.3, -0.25) is 14.6 Å². The summed E-state index contributed by atoms with van der Waals surface area (Å²) in [5.74, 6) is 0.107. The summed E-state index contributed by atoms with van der Waals surface area (Å²) in [6.07, 6.45) is 0.902. The van der Waals surface area contributed by atoms with Gasteiger partial charge in [0.2, 0.25) is 5.91 Å². The van der Waals surface area contributed by atoms with Crippen LogP contribution in [0, 0.1) is 0 Å². The predicted octanol–water partition coefficient (Wildman–Crippen LogP) is 0.0167. The largest absolute Gasteiger partial charge is 0.395 e. The number of rotatable bonds is 7. The van der Waals surface area contributed by atoms with Gasteiger partial charge in [0.05, 0.1) is 13.2 Å². The molecule has 20 heavy (non-hydrogen) atoms. The third-order valence-electron chi connectivity index (χ3n) is 3.56. The van der Waals surface area contributed by atoms with E-state index in [4.69, 9.17) is 5.11 Å². The Hall–Kier alpha value is -0.950. The van der Waals surface area contributed by atoms with E-state index in [1.807, 2.05) is 0 Å². The number of carbonyl (C=O) groups is 1. The lowest BCUT2D eigenvalue weighted by Gasteiger charge is -2.33. The minimum Gasteiger partial charge on any atom is -0.395 e. The van der Waals surface area contributed by atoms with Gasteiger partial charge in [-0.2, -0.15) is 11.3 Å². The first-order chi connectivity index (χ1) is 9.78. The molecule has 5 nitrogen and oxygen atoms in total. The van der Waals surface area contributed by atoms with Crippen LogP contribution in [0.3, 0.4) is 0 Å². The van der Waals surface area contributed by atoms with Crippen molar-refractivity contribution in [3.63, 3.8) is 0 Å². The number of nitrogens with zero attached hydrogens (tertiary/aromatic N) is 2. The van der Waals surface area contributed by atoms with E-state index in [9.17, 15) is 4.79 Å². The van der Waals surface area contributed by atoms with E-state index in [1.165, 1.54) is 5.56 Å². The number of β-amino-alcohol motifs (C(OH)–C–C–N with tert-alkyl or cyclic N) is 1. The minimum atomic E-state index is 0.107. The highest BCUT2D eigenvalue weighted by Crippen LogP contribution is 2.05. The fourth-order valence-corrected chi connectivity index (χ4v) is 3.06. The fourth-order valence-electron chi connectivity index (χ4n) is 2.35. The third kappa shape index (κ3) is 5.20. The van der Waals surface area contributed by atoms with Gasteiger partial charge < -0.3 is 10.4 Å². The van der Waals surface area contributed by atoms with Crippen molar-refractivity contribution >= 4 is 17.2 Å². The Kier molecular flexibility index (Phi) is 6.46. The standard InChI is InChI=1S/C14H23N3O2S/c18-9-8-16-4-6-17(7-5-16)11-14(19)15-3-1-13-2-10-20-12-13/h2,10,12,18H,1,3-9,11H2,(H,15,19). The first-order valence-electron chi connectivity index (χ1n) is 7.11. The van der Waals surface area contributed by atoms with Crippen molar-refractivity contribution in [2.45, 2.75) is 6.42 Å². The van der Waals surface area contributed by atoms with E-state index >= 15 is 0 Å². The van der Waals surface area contributed by atoms with E-state index in [-0.39, 0.29) is 12.5 Å². The Bertz CT molecular complexity index is 389. The predicted molar refractivity (Wildman–Crippen MR) is 81.0 cm³/mol.